The maximum Gasteiger partial charge on any atom is 0.211 e. The zero-order valence-electron chi connectivity index (χ0n) is 14.0. The lowest BCUT2D eigenvalue weighted by Crippen LogP contribution is -2.42. The molecule has 0 aromatic carbocycles. The minimum atomic E-state index is -3.06. The number of nitrogens with one attached hydrogen (secondary N) is 1. The molecule has 8 heteroatoms. The van der Waals surface area contributed by atoms with Crippen LogP contribution in [-0.4, -0.2) is 70.1 Å². The highest BCUT2D eigenvalue weighted by atomic mass is 32.2. The van der Waals surface area contributed by atoms with Gasteiger partial charge in [-0.1, -0.05) is 6.07 Å². The van der Waals surface area contributed by atoms with Crippen molar-refractivity contribution in [2.75, 3.05) is 46.5 Å². The largest absolute Gasteiger partial charge is 0.356 e. The van der Waals surface area contributed by atoms with E-state index in [9.17, 15) is 8.42 Å². The van der Waals surface area contributed by atoms with Gasteiger partial charge in [0, 0.05) is 45.2 Å². The molecule has 23 heavy (non-hydrogen) atoms. The number of nitrogens with zero attached hydrogens (tertiary/aromatic N) is 3. The fourth-order valence-corrected chi connectivity index (χ4v) is 4.34. The molecule has 1 unspecified atom stereocenters. The quantitative estimate of drug-likeness (QED) is 0.610. The molecule has 0 saturated carbocycles. The van der Waals surface area contributed by atoms with Gasteiger partial charge >= 0.3 is 0 Å². The summed E-state index contributed by atoms with van der Waals surface area (Å²) in [7, 11) is 0.744. The zero-order valence-corrected chi connectivity index (χ0v) is 15.7. The molecule has 1 fully saturated rings. The van der Waals surface area contributed by atoms with E-state index in [-0.39, 0.29) is 0 Å². The molecule has 130 valence electrons. The molecule has 1 saturated heterocycles. The number of aliphatic imine (C=N–C) groups is 1. The molecular weight excluding hydrogens is 332 g/mol. The summed E-state index contributed by atoms with van der Waals surface area (Å²) in [5, 5.41) is 5.46. The topological polar surface area (TPSA) is 65.0 Å². The minimum Gasteiger partial charge on any atom is -0.356 e. The first-order valence-corrected chi connectivity index (χ1v) is 10.5. The highest BCUT2D eigenvalue weighted by Crippen LogP contribution is 2.18. The summed E-state index contributed by atoms with van der Waals surface area (Å²) >= 11 is 1.77. The number of sulfonamides is 1. The third-order valence-electron chi connectivity index (χ3n) is 4.11. The second kappa shape index (κ2) is 8.12. The first kappa shape index (κ1) is 18.2. The SMILES string of the molecule is CN=C(NCC1CCN(S(C)(=O)=O)C1)N(C)CCc1cccs1. The van der Waals surface area contributed by atoms with E-state index in [1.54, 1.807) is 22.7 Å². The molecule has 1 aromatic rings. The van der Waals surface area contributed by atoms with Crippen LogP contribution in [0, 0.1) is 5.92 Å². The Morgan fingerprint density at radius 3 is 2.91 bits per heavy atom. The number of rotatable bonds is 6. The lowest BCUT2D eigenvalue weighted by molar-refractivity contribution is 0.446. The summed E-state index contributed by atoms with van der Waals surface area (Å²) in [6, 6.07) is 4.22. The average Bonchev–Trinajstić information content (AvgIpc) is 3.16. The molecule has 1 atom stereocenters. The van der Waals surface area contributed by atoms with Gasteiger partial charge < -0.3 is 10.2 Å². The van der Waals surface area contributed by atoms with E-state index >= 15 is 0 Å². The second-order valence-corrected chi connectivity index (χ2v) is 8.97. The van der Waals surface area contributed by atoms with Crippen molar-refractivity contribution in [3.8, 4) is 0 Å². The number of hydrogen-bond donors (Lipinski definition) is 1. The summed E-state index contributed by atoms with van der Waals surface area (Å²) in [5.41, 5.74) is 0. The van der Waals surface area contributed by atoms with Gasteiger partial charge in [-0.2, -0.15) is 0 Å². The van der Waals surface area contributed by atoms with E-state index in [0.717, 1.165) is 31.9 Å². The molecular formula is C15H26N4O2S2. The molecule has 1 aliphatic heterocycles. The van der Waals surface area contributed by atoms with Crippen LogP contribution in [0.3, 0.4) is 0 Å². The molecule has 0 aliphatic carbocycles. The summed E-state index contributed by atoms with van der Waals surface area (Å²) in [6.45, 7) is 2.88. The van der Waals surface area contributed by atoms with Gasteiger partial charge in [-0.25, -0.2) is 12.7 Å². The standard InChI is InChI=1S/C15H26N4O2S2/c1-16-15(18(2)8-7-14-5-4-10-22-14)17-11-13-6-9-19(12-13)23(3,20)21/h4-5,10,13H,6-9,11-12H2,1-3H3,(H,16,17). The summed E-state index contributed by atoms with van der Waals surface area (Å²) in [6.07, 6.45) is 3.18. The summed E-state index contributed by atoms with van der Waals surface area (Å²) in [4.78, 5) is 7.80. The Morgan fingerprint density at radius 1 is 1.57 bits per heavy atom. The van der Waals surface area contributed by atoms with Crippen molar-refractivity contribution in [1.82, 2.24) is 14.5 Å². The van der Waals surface area contributed by atoms with Gasteiger partial charge in [0.15, 0.2) is 5.96 Å². The van der Waals surface area contributed by atoms with Crippen molar-refractivity contribution < 1.29 is 8.42 Å². The molecule has 0 bridgehead atoms. The number of guanidine groups is 1. The van der Waals surface area contributed by atoms with E-state index < -0.39 is 10.0 Å². The highest BCUT2D eigenvalue weighted by Gasteiger charge is 2.28. The fraction of sp³-hybridized carbons (Fsp3) is 0.667. The Hall–Kier alpha value is -1.12. The average molecular weight is 359 g/mol. The van der Waals surface area contributed by atoms with Gasteiger partial charge in [0.05, 0.1) is 6.26 Å². The predicted molar refractivity (Wildman–Crippen MR) is 96.5 cm³/mol. The van der Waals surface area contributed by atoms with E-state index in [2.05, 4.69) is 32.7 Å². The molecule has 1 aliphatic rings. The predicted octanol–water partition coefficient (Wildman–Crippen LogP) is 1.08. The van der Waals surface area contributed by atoms with Gasteiger partial charge in [0.25, 0.3) is 0 Å². The Kier molecular flexibility index (Phi) is 6.43. The monoisotopic (exact) mass is 358 g/mol. The number of hydrogen-bond acceptors (Lipinski definition) is 4. The van der Waals surface area contributed by atoms with Gasteiger partial charge in [-0.05, 0) is 30.2 Å². The van der Waals surface area contributed by atoms with E-state index in [1.807, 2.05) is 7.05 Å². The third-order valence-corrected chi connectivity index (χ3v) is 6.32. The van der Waals surface area contributed by atoms with Crippen molar-refractivity contribution in [3.63, 3.8) is 0 Å². The van der Waals surface area contributed by atoms with Gasteiger partial charge in [0.1, 0.15) is 0 Å². The van der Waals surface area contributed by atoms with Crippen LogP contribution in [0.15, 0.2) is 22.5 Å². The van der Waals surface area contributed by atoms with E-state index in [4.69, 9.17) is 0 Å². The Bertz CT molecular complexity index is 613. The van der Waals surface area contributed by atoms with Gasteiger partial charge in [-0.15, -0.1) is 11.3 Å². The maximum absolute atomic E-state index is 11.6. The van der Waals surface area contributed by atoms with Crippen LogP contribution < -0.4 is 5.32 Å². The molecule has 2 heterocycles. The molecule has 2 rings (SSSR count). The van der Waals surface area contributed by atoms with Gasteiger partial charge in [-0.3, -0.25) is 4.99 Å². The zero-order chi connectivity index (χ0) is 16.9. The molecule has 0 amide bonds. The van der Waals surface area contributed by atoms with Crippen LogP contribution in [0.25, 0.3) is 0 Å². The molecule has 1 aromatic heterocycles. The maximum atomic E-state index is 11.6. The van der Waals surface area contributed by atoms with Crippen LogP contribution in [0.4, 0.5) is 0 Å². The molecule has 0 radical (unpaired) electrons. The fourth-order valence-electron chi connectivity index (χ4n) is 2.72. The Morgan fingerprint density at radius 2 is 2.35 bits per heavy atom. The van der Waals surface area contributed by atoms with Crippen molar-refractivity contribution in [2.45, 2.75) is 12.8 Å². The first-order chi connectivity index (χ1) is 10.9. The van der Waals surface area contributed by atoms with Crippen LogP contribution in [0.5, 0.6) is 0 Å². The highest BCUT2D eigenvalue weighted by molar-refractivity contribution is 7.88. The van der Waals surface area contributed by atoms with Crippen molar-refractivity contribution in [3.05, 3.63) is 22.4 Å². The lowest BCUT2D eigenvalue weighted by Gasteiger charge is -2.23. The van der Waals surface area contributed by atoms with Crippen LogP contribution >= 0.6 is 11.3 Å². The third kappa shape index (κ3) is 5.47. The van der Waals surface area contributed by atoms with Gasteiger partial charge in [0.2, 0.25) is 10.0 Å². The minimum absolute atomic E-state index is 0.340. The first-order valence-electron chi connectivity index (χ1n) is 7.79. The van der Waals surface area contributed by atoms with Crippen molar-refractivity contribution in [2.24, 2.45) is 10.9 Å². The molecule has 0 spiro atoms. The normalized spacial score (nSPS) is 20.0. The van der Waals surface area contributed by atoms with Crippen molar-refractivity contribution >= 4 is 27.3 Å². The Labute approximate surface area is 143 Å². The summed E-state index contributed by atoms with van der Waals surface area (Å²) < 4.78 is 24.7. The summed E-state index contributed by atoms with van der Waals surface area (Å²) in [5.74, 6) is 1.20. The smallest absolute Gasteiger partial charge is 0.211 e. The second-order valence-electron chi connectivity index (χ2n) is 5.95. The van der Waals surface area contributed by atoms with Crippen LogP contribution in [0.2, 0.25) is 0 Å². The van der Waals surface area contributed by atoms with Crippen LogP contribution in [-0.2, 0) is 16.4 Å². The van der Waals surface area contributed by atoms with E-state index in [0.29, 0.717) is 19.0 Å². The number of thiophene rings is 1. The lowest BCUT2D eigenvalue weighted by atomic mass is 10.1. The van der Waals surface area contributed by atoms with Crippen LogP contribution in [0.1, 0.15) is 11.3 Å². The molecule has 1 N–H and O–H groups in total. The van der Waals surface area contributed by atoms with E-state index in [1.165, 1.54) is 11.1 Å². The Balaban J connectivity index is 1.77. The number of likely N-dealkylation sites (N-methyl/N-ethyl adjacent to an activating group) is 1. The molecule has 6 nitrogen and oxygen atoms in total. The van der Waals surface area contributed by atoms with Crippen molar-refractivity contribution in [1.29, 1.82) is 0 Å².